The molecule has 0 radical (unpaired) electrons. The van der Waals surface area contributed by atoms with Crippen LogP contribution >= 0.6 is 24.0 Å². The van der Waals surface area contributed by atoms with Crippen LogP contribution in [0.3, 0.4) is 0 Å². The Morgan fingerprint density at radius 1 is 1.44 bits per heavy atom. The summed E-state index contributed by atoms with van der Waals surface area (Å²) in [4.78, 5) is 13.0. The Balaban J connectivity index is 1.79. The van der Waals surface area contributed by atoms with Crippen LogP contribution < -0.4 is 4.90 Å². The van der Waals surface area contributed by atoms with Crippen molar-refractivity contribution in [1.82, 2.24) is 19.8 Å². The molecule has 25 heavy (non-hydrogen) atoms. The highest BCUT2D eigenvalue weighted by Gasteiger charge is 2.30. The number of esters is 1. The van der Waals surface area contributed by atoms with E-state index in [1.54, 1.807) is 21.1 Å². The number of nitrogens with zero attached hydrogens (tertiary/aromatic N) is 4. The summed E-state index contributed by atoms with van der Waals surface area (Å²) in [5.41, 5.74) is 3.20. The van der Waals surface area contributed by atoms with Crippen molar-refractivity contribution in [3.05, 3.63) is 34.1 Å². The second-order valence-electron chi connectivity index (χ2n) is 6.21. The number of tetrazole rings is 1. The average Bonchev–Trinajstić information content (AvgIpc) is 2.97. The summed E-state index contributed by atoms with van der Waals surface area (Å²) in [6, 6.07) is 6.18. The molecule has 0 amide bonds. The Hall–Kier alpha value is -1.71. The van der Waals surface area contributed by atoms with Gasteiger partial charge in [-0.25, -0.2) is 0 Å². The first-order valence-electron chi connectivity index (χ1n) is 8.13. The lowest BCUT2D eigenvalue weighted by molar-refractivity contribution is -0.921. The summed E-state index contributed by atoms with van der Waals surface area (Å²) in [5, 5.41) is 8.34. The molecule has 134 valence electrons. The number of quaternary nitrogens is 1. The highest BCUT2D eigenvalue weighted by atomic mass is 32.2. The van der Waals surface area contributed by atoms with Crippen LogP contribution in [0.15, 0.2) is 18.2 Å². The Kier molecular flexibility index (Phi) is 5.55. The molecule has 0 aliphatic carbocycles. The number of hydrogen-bond donors (Lipinski definition) is 1. The van der Waals surface area contributed by atoms with Crippen molar-refractivity contribution in [3.8, 4) is 5.69 Å². The zero-order chi connectivity index (χ0) is 18.0. The molecule has 1 aromatic carbocycles. The minimum absolute atomic E-state index is 0.128. The van der Waals surface area contributed by atoms with E-state index < -0.39 is 0 Å². The molecule has 7 nitrogen and oxygen atoms in total. The van der Waals surface area contributed by atoms with Crippen molar-refractivity contribution in [2.45, 2.75) is 25.8 Å². The molecule has 2 heterocycles. The van der Waals surface area contributed by atoms with Crippen LogP contribution in [0.2, 0.25) is 0 Å². The van der Waals surface area contributed by atoms with Crippen LogP contribution in [-0.2, 0) is 16.2 Å². The largest absolute Gasteiger partial charge is 0.468 e. The first-order chi connectivity index (χ1) is 12.0. The molecule has 0 bridgehead atoms. The molecule has 2 aromatic rings. The topological polar surface area (TPSA) is 66.4 Å². The maximum Gasteiger partial charge on any atom is 0.324 e. The molecule has 2 atom stereocenters. The summed E-state index contributed by atoms with van der Waals surface area (Å²) < 4.78 is 8.86. The summed E-state index contributed by atoms with van der Waals surface area (Å²) in [5.74, 6) is 0.748. The van der Waals surface area contributed by atoms with Crippen molar-refractivity contribution >= 4 is 29.9 Å². The molecule has 1 aliphatic heterocycles. The molecule has 0 saturated carbocycles. The number of methoxy groups -OCH3 is 1. The Labute approximate surface area is 155 Å². The fourth-order valence-electron chi connectivity index (χ4n) is 2.88. The number of nitrogens with one attached hydrogen (secondary N) is 1. The maximum atomic E-state index is 11.8. The number of rotatable bonds is 4. The third-order valence-electron chi connectivity index (χ3n) is 4.32. The van der Waals surface area contributed by atoms with Crippen LogP contribution in [-0.4, -0.2) is 57.0 Å². The fraction of sp³-hybridized carbons (Fsp3) is 0.500. The van der Waals surface area contributed by atoms with E-state index in [0.717, 1.165) is 29.1 Å². The van der Waals surface area contributed by atoms with Crippen LogP contribution in [0.5, 0.6) is 0 Å². The van der Waals surface area contributed by atoms with E-state index in [9.17, 15) is 4.79 Å². The van der Waals surface area contributed by atoms with Gasteiger partial charge in [-0.1, -0.05) is 12.1 Å². The van der Waals surface area contributed by atoms with E-state index in [1.807, 2.05) is 13.8 Å². The fourth-order valence-corrected chi connectivity index (χ4v) is 4.39. The van der Waals surface area contributed by atoms with Gasteiger partial charge < -0.3 is 9.64 Å². The molecule has 1 saturated heterocycles. The third-order valence-corrected chi connectivity index (χ3v) is 5.90. The quantitative estimate of drug-likeness (QED) is 0.617. The average molecular weight is 381 g/mol. The number of ether oxygens (including phenoxy) is 1. The number of aryl methyl sites for hydroxylation is 2. The Morgan fingerprint density at radius 3 is 3.00 bits per heavy atom. The zero-order valence-electron chi connectivity index (χ0n) is 14.6. The van der Waals surface area contributed by atoms with E-state index in [2.05, 4.69) is 28.6 Å². The standard InChI is InChI=1S/C16H21N5O2S2/c1-11-4-5-12(2)13(8-11)21-16(24)20(17-18-21)10-19-6-7-25-14(9-19)15(22)23-3/h4-5,8,14H,6-7,9-10H2,1-3H3/p+1/t14-/m0/s1. The van der Waals surface area contributed by atoms with Crippen molar-refractivity contribution in [2.24, 2.45) is 0 Å². The highest BCUT2D eigenvalue weighted by Crippen LogP contribution is 2.15. The number of aromatic nitrogens is 4. The van der Waals surface area contributed by atoms with Crippen LogP contribution in [0.4, 0.5) is 0 Å². The number of carbonyl (C=O) groups excluding carboxylic acids is 1. The van der Waals surface area contributed by atoms with Gasteiger partial charge in [-0.2, -0.15) is 9.36 Å². The van der Waals surface area contributed by atoms with E-state index >= 15 is 0 Å². The summed E-state index contributed by atoms with van der Waals surface area (Å²) in [6.45, 7) is 6.33. The van der Waals surface area contributed by atoms with E-state index in [4.69, 9.17) is 17.0 Å². The predicted molar refractivity (Wildman–Crippen MR) is 98.6 cm³/mol. The SMILES string of the molecule is COC(=O)[C@@H]1C[NH+](Cn2nnn(-c3cc(C)ccc3C)c2=S)CCS1. The normalized spacial score (nSPS) is 20.4. The zero-order valence-corrected chi connectivity index (χ0v) is 16.2. The molecule has 1 N–H and O–H groups in total. The lowest BCUT2D eigenvalue weighted by atomic mass is 10.1. The van der Waals surface area contributed by atoms with Crippen molar-refractivity contribution in [3.63, 3.8) is 0 Å². The minimum Gasteiger partial charge on any atom is -0.468 e. The number of benzene rings is 1. The van der Waals surface area contributed by atoms with Crippen molar-refractivity contribution in [1.29, 1.82) is 0 Å². The Bertz CT molecular complexity index is 832. The van der Waals surface area contributed by atoms with E-state index in [0.29, 0.717) is 18.0 Å². The van der Waals surface area contributed by atoms with E-state index in [1.165, 1.54) is 12.0 Å². The first-order valence-corrected chi connectivity index (χ1v) is 9.58. The number of carbonyl (C=O) groups is 1. The van der Waals surface area contributed by atoms with Gasteiger partial charge in [0.25, 0.3) is 0 Å². The lowest BCUT2D eigenvalue weighted by Gasteiger charge is -2.27. The van der Waals surface area contributed by atoms with Crippen LogP contribution in [0.1, 0.15) is 11.1 Å². The summed E-state index contributed by atoms with van der Waals surface area (Å²) in [7, 11) is 1.43. The van der Waals surface area contributed by atoms with Gasteiger partial charge in [0.15, 0.2) is 11.9 Å². The van der Waals surface area contributed by atoms with Crippen LogP contribution in [0.25, 0.3) is 5.69 Å². The molecular formula is C16H22N5O2S2+. The van der Waals surface area contributed by atoms with Gasteiger partial charge in [0, 0.05) is 5.75 Å². The summed E-state index contributed by atoms with van der Waals surface area (Å²) in [6.07, 6.45) is 0. The second-order valence-corrected chi connectivity index (χ2v) is 7.88. The molecule has 1 aliphatic rings. The molecule has 3 rings (SSSR count). The highest BCUT2D eigenvalue weighted by molar-refractivity contribution is 8.00. The van der Waals surface area contributed by atoms with Gasteiger partial charge >= 0.3 is 5.97 Å². The molecule has 1 aromatic heterocycles. The van der Waals surface area contributed by atoms with Crippen molar-refractivity contribution < 1.29 is 14.4 Å². The number of thioether (sulfide) groups is 1. The lowest BCUT2D eigenvalue weighted by Crippen LogP contribution is -3.14. The van der Waals surface area contributed by atoms with Gasteiger partial charge in [-0.15, -0.1) is 11.8 Å². The first kappa shape index (κ1) is 18.1. The van der Waals surface area contributed by atoms with E-state index in [-0.39, 0.29) is 11.2 Å². The van der Waals surface area contributed by atoms with Gasteiger partial charge in [-0.05, 0) is 53.7 Å². The maximum absolute atomic E-state index is 11.8. The van der Waals surface area contributed by atoms with Crippen molar-refractivity contribution in [2.75, 3.05) is 26.0 Å². The molecular weight excluding hydrogens is 358 g/mol. The molecule has 9 heteroatoms. The summed E-state index contributed by atoms with van der Waals surface area (Å²) >= 11 is 7.22. The van der Waals surface area contributed by atoms with Crippen LogP contribution in [0, 0.1) is 18.6 Å². The van der Waals surface area contributed by atoms with Gasteiger partial charge in [0.1, 0.15) is 6.54 Å². The number of hydrogen-bond acceptors (Lipinski definition) is 6. The molecule has 0 spiro atoms. The third kappa shape index (κ3) is 3.94. The van der Waals surface area contributed by atoms with Gasteiger partial charge in [0.05, 0.1) is 19.3 Å². The smallest absolute Gasteiger partial charge is 0.324 e. The second kappa shape index (κ2) is 7.67. The Morgan fingerprint density at radius 2 is 2.24 bits per heavy atom. The monoisotopic (exact) mass is 380 g/mol. The van der Waals surface area contributed by atoms with Gasteiger partial charge in [-0.3, -0.25) is 4.79 Å². The van der Waals surface area contributed by atoms with Gasteiger partial charge in [0.2, 0.25) is 4.77 Å². The minimum atomic E-state index is -0.162. The molecule has 1 fully saturated rings. The molecule has 1 unspecified atom stereocenters. The predicted octanol–water partition coefficient (Wildman–Crippen LogP) is 0.546.